The van der Waals surface area contributed by atoms with Crippen molar-refractivity contribution in [1.82, 2.24) is 9.80 Å². The predicted octanol–water partition coefficient (Wildman–Crippen LogP) is 2.40. The summed E-state index contributed by atoms with van der Waals surface area (Å²) >= 11 is 0. The minimum atomic E-state index is -0.731. The number of carbonyl (C=O) groups excluding carboxylic acids is 1. The average Bonchev–Trinajstić information content (AvgIpc) is 2.73. The first-order chi connectivity index (χ1) is 9.59. The minimum absolute atomic E-state index is 0.105. The third kappa shape index (κ3) is 3.15. The summed E-state index contributed by atoms with van der Waals surface area (Å²) in [5.74, 6) is 0.105. The molecule has 0 bridgehead atoms. The van der Waals surface area contributed by atoms with Crippen molar-refractivity contribution in [1.29, 1.82) is 5.26 Å². The van der Waals surface area contributed by atoms with Crippen LogP contribution in [0, 0.1) is 16.7 Å². The maximum atomic E-state index is 12.9. The lowest BCUT2D eigenvalue weighted by Crippen LogP contribution is -2.52. The normalized spacial score (nSPS) is 26.9. The number of nitriles is 1. The molecule has 2 rings (SSSR count). The minimum Gasteiger partial charge on any atom is -0.340 e. The molecule has 1 unspecified atom stereocenters. The molecule has 0 spiro atoms. The summed E-state index contributed by atoms with van der Waals surface area (Å²) in [6.45, 7) is 1.61. The molecule has 1 saturated carbocycles. The van der Waals surface area contributed by atoms with Gasteiger partial charge in [-0.2, -0.15) is 5.26 Å². The summed E-state index contributed by atoms with van der Waals surface area (Å²) < 4.78 is 0. The smallest absolute Gasteiger partial charge is 0.243 e. The molecule has 0 aromatic carbocycles. The summed E-state index contributed by atoms with van der Waals surface area (Å²) in [6.07, 6.45) is 8.08. The highest BCUT2D eigenvalue weighted by atomic mass is 16.2. The Kier molecular flexibility index (Phi) is 5.04. The van der Waals surface area contributed by atoms with Gasteiger partial charge in [0.1, 0.15) is 5.41 Å². The molecule has 1 aliphatic carbocycles. The summed E-state index contributed by atoms with van der Waals surface area (Å²) in [5.41, 5.74) is -0.731. The molecular formula is C16H27N3O. The van der Waals surface area contributed by atoms with E-state index in [9.17, 15) is 10.1 Å². The van der Waals surface area contributed by atoms with Gasteiger partial charge in [0, 0.05) is 19.1 Å². The highest BCUT2D eigenvalue weighted by Crippen LogP contribution is 2.37. The molecule has 1 heterocycles. The molecule has 1 amide bonds. The van der Waals surface area contributed by atoms with E-state index in [0.29, 0.717) is 6.04 Å². The van der Waals surface area contributed by atoms with Crippen molar-refractivity contribution in [2.24, 2.45) is 5.41 Å². The molecule has 0 aromatic rings. The van der Waals surface area contributed by atoms with Crippen molar-refractivity contribution in [3.63, 3.8) is 0 Å². The summed E-state index contributed by atoms with van der Waals surface area (Å²) in [6, 6.07) is 2.83. The number of nitrogens with zero attached hydrogens (tertiary/aromatic N) is 3. The molecule has 2 aliphatic rings. The van der Waals surface area contributed by atoms with Crippen LogP contribution in [-0.4, -0.2) is 48.9 Å². The lowest BCUT2D eigenvalue weighted by molar-refractivity contribution is -0.141. The molecule has 0 N–H and O–H groups in total. The van der Waals surface area contributed by atoms with E-state index in [1.165, 1.54) is 0 Å². The average molecular weight is 277 g/mol. The SMILES string of the molecule is CN(C)C1CCCN(C(=O)C2(C#N)CCCCCC2)C1. The zero-order valence-corrected chi connectivity index (χ0v) is 12.9. The van der Waals surface area contributed by atoms with Crippen molar-refractivity contribution in [2.75, 3.05) is 27.2 Å². The number of likely N-dealkylation sites (N-methyl/N-ethyl adjacent to an activating group) is 1. The second kappa shape index (κ2) is 6.58. The first-order valence-electron chi connectivity index (χ1n) is 7.96. The van der Waals surface area contributed by atoms with Crippen molar-refractivity contribution in [2.45, 2.75) is 57.4 Å². The first kappa shape index (κ1) is 15.3. The molecule has 2 fully saturated rings. The Bertz CT molecular complexity index is 378. The second-order valence-corrected chi connectivity index (χ2v) is 6.62. The Morgan fingerprint density at radius 1 is 1.20 bits per heavy atom. The third-order valence-electron chi connectivity index (χ3n) is 4.99. The highest BCUT2D eigenvalue weighted by molar-refractivity contribution is 5.85. The lowest BCUT2D eigenvalue weighted by Gasteiger charge is -2.39. The van der Waals surface area contributed by atoms with Crippen molar-refractivity contribution < 1.29 is 4.79 Å². The Hall–Kier alpha value is -1.08. The van der Waals surface area contributed by atoms with Crippen molar-refractivity contribution in [3.05, 3.63) is 0 Å². The van der Waals surface area contributed by atoms with Gasteiger partial charge in [0.15, 0.2) is 0 Å². The molecule has 4 nitrogen and oxygen atoms in total. The largest absolute Gasteiger partial charge is 0.340 e. The van der Waals surface area contributed by atoms with Crippen LogP contribution in [-0.2, 0) is 4.79 Å². The number of likely N-dealkylation sites (tertiary alicyclic amines) is 1. The fourth-order valence-electron chi connectivity index (χ4n) is 3.57. The summed E-state index contributed by atoms with van der Waals surface area (Å²) in [4.78, 5) is 17.1. The fourth-order valence-corrected chi connectivity index (χ4v) is 3.57. The Balaban J connectivity index is 2.10. The molecule has 0 radical (unpaired) electrons. The molecule has 1 atom stereocenters. The molecule has 1 saturated heterocycles. The lowest BCUT2D eigenvalue weighted by atomic mass is 9.80. The van der Waals surface area contributed by atoms with Gasteiger partial charge in [0.05, 0.1) is 6.07 Å². The maximum Gasteiger partial charge on any atom is 0.243 e. The van der Waals surface area contributed by atoms with Crippen LogP contribution in [0.15, 0.2) is 0 Å². The maximum absolute atomic E-state index is 12.9. The molecule has 0 aromatic heterocycles. The van der Waals surface area contributed by atoms with Crippen LogP contribution in [0.2, 0.25) is 0 Å². The fraction of sp³-hybridized carbons (Fsp3) is 0.875. The highest BCUT2D eigenvalue weighted by Gasteiger charge is 2.42. The van der Waals surface area contributed by atoms with Gasteiger partial charge in [-0.25, -0.2) is 0 Å². The summed E-state index contributed by atoms with van der Waals surface area (Å²) in [7, 11) is 4.15. The zero-order chi connectivity index (χ0) is 14.6. The third-order valence-corrected chi connectivity index (χ3v) is 4.99. The van der Waals surface area contributed by atoms with Crippen LogP contribution in [0.1, 0.15) is 51.4 Å². The Morgan fingerprint density at radius 2 is 1.85 bits per heavy atom. The van der Waals surface area contributed by atoms with Crippen molar-refractivity contribution in [3.8, 4) is 6.07 Å². The standard InChI is InChI=1S/C16H27N3O/c1-18(2)14-8-7-11-19(12-14)15(20)16(13-17)9-5-3-4-6-10-16/h14H,3-12H2,1-2H3. The number of rotatable bonds is 2. The monoisotopic (exact) mass is 277 g/mol. The number of carbonyl (C=O) groups is 1. The van der Waals surface area contributed by atoms with Crippen LogP contribution >= 0.6 is 0 Å². The molecular weight excluding hydrogens is 250 g/mol. The van der Waals surface area contributed by atoms with Gasteiger partial charge in [-0.05, 0) is 39.8 Å². The number of hydrogen-bond acceptors (Lipinski definition) is 3. The van der Waals surface area contributed by atoms with Gasteiger partial charge in [0.2, 0.25) is 5.91 Å². The predicted molar refractivity (Wildman–Crippen MR) is 79.0 cm³/mol. The van der Waals surface area contributed by atoms with Gasteiger partial charge in [-0.1, -0.05) is 25.7 Å². The van der Waals surface area contributed by atoms with Gasteiger partial charge in [-0.3, -0.25) is 4.79 Å². The summed E-state index contributed by atoms with van der Waals surface area (Å²) in [5, 5.41) is 9.63. The van der Waals surface area contributed by atoms with Crippen LogP contribution in [0.3, 0.4) is 0 Å². The van der Waals surface area contributed by atoms with E-state index in [0.717, 1.165) is 64.5 Å². The number of amides is 1. The topological polar surface area (TPSA) is 47.3 Å². The van der Waals surface area contributed by atoms with E-state index >= 15 is 0 Å². The van der Waals surface area contributed by atoms with Crippen molar-refractivity contribution >= 4 is 5.91 Å². The Morgan fingerprint density at radius 3 is 2.40 bits per heavy atom. The van der Waals surface area contributed by atoms with Crippen LogP contribution in [0.5, 0.6) is 0 Å². The van der Waals surface area contributed by atoms with Crippen LogP contribution in [0.4, 0.5) is 0 Å². The van der Waals surface area contributed by atoms with E-state index in [2.05, 4.69) is 25.1 Å². The van der Waals surface area contributed by atoms with E-state index in [-0.39, 0.29) is 5.91 Å². The molecule has 1 aliphatic heterocycles. The number of hydrogen-bond donors (Lipinski definition) is 0. The quantitative estimate of drug-likeness (QED) is 0.728. The van der Waals surface area contributed by atoms with Gasteiger partial charge in [0.25, 0.3) is 0 Å². The first-order valence-corrected chi connectivity index (χ1v) is 7.96. The second-order valence-electron chi connectivity index (χ2n) is 6.62. The van der Waals surface area contributed by atoms with Gasteiger partial charge >= 0.3 is 0 Å². The van der Waals surface area contributed by atoms with Gasteiger partial charge in [-0.15, -0.1) is 0 Å². The van der Waals surface area contributed by atoms with E-state index in [4.69, 9.17) is 0 Å². The Labute approximate surface area is 122 Å². The molecule has 112 valence electrons. The molecule has 20 heavy (non-hydrogen) atoms. The van der Waals surface area contributed by atoms with E-state index < -0.39 is 5.41 Å². The molecule has 4 heteroatoms. The zero-order valence-electron chi connectivity index (χ0n) is 12.9. The van der Waals surface area contributed by atoms with Crippen LogP contribution in [0.25, 0.3) is 0 Å². The van der Waals surface area contributed by atoms with Gasteiger partial charge < -0.3 is 9.80 Å². The number of piperidine rings is 1. The van der Waals surface area contributed by atoms with E-state index in [1.54, 1.807) is 0 Å². The van der Waals surface area contributed by atoms with E-state index in [1.807, 2.05) is 4.90 Å². The van der Waals surface area contributed by atoms with Crippen LogP contribution < -0.4 is 0 Å².